The minimum atomic E-state index is -0.294. The fraction of sp³-hybridized carbons (Fsp3) is 0.100. The van der Waals surface area contributed by atoms with Gasteiger partial charge in [-0.1, -0.05) is 35.9 Å². The lowest BCUT2D eigenvalue weighted by atomic mass is 10.1. The van der Waals surface area contributed by atoms with Crippen molar-refractivity contribution >= 4 is 28.9 Å². The predicted molar refractivity (Wildman–Crippen MR) is 102 cm³/mol. The average Bonchev–Trinajstić information content (AvgIpc) is 2.64. The van der Waals surface area contributed by atoms with Crippen LogP contribution in [0.2, 0.25) is 5.02 Å². The first-order chi connectivity index (χ1) is 12.5. The maximum Gasteiger partial charge on any atom is 0.257 e. The van der Waals surface area contributed by atoms with Crippen LogP contribution in [0.3, 0.4) is 0 Å². The summed E-state index contributed by atoms with van der Waals surface area (Å²) in [6, 6.07) is 13.5. The number of nitrogens with zero attached hydrogens (tertiary/aromatic N) is 1. The van der Waals surface area contributed by atoms with Gasteiger partial charge in [-0.15, -0.1) is 0 Å². The third-order valence-corrected chi connectivity index (χ3v) is 4.12. The van der Waals surface area contributed by atoms with E-state index in [2.05, 4.69) is 15.6 Å². The Kier molecular flexibility index (Phi) is 5.49. The molecule has 0 spiro atoms. The fourth-order valence-corrected chi connectivity index (χ4v) is 2.60. The zero-order valence-electron chi connectivity index (χ0n) is 14.1. The molecule has 1 amide bonds. The van der Waals surface area contributed by atoms with E-state index in [4.69, 9.17) is 11.6 Å². The zero-order chi connectivity index (χ0) is 18.5. The maximum absolute atomic E-state index is 13.7. The Labute approximate surface area is 156 Å². The van der Waals surface area contributed by atoms with Gasteiger partial charge in [0.05, 0.1) is 11.3 Å². The van der Waals surface area contributed by atoms with Crippen molar-refractivity contribution in [1.29, 1.82) is 0 Å². The molecule has 1 aromatic heterocycles. The first kappa shape index (κ1) is 17.9. The molecular formula is C20H17ClFN3O. The Balaban J connectivity index is 1.71. The van der Waals surface area contributed by atoms with Crippen LogP contribution in [-0.2, 0) is 6.54 Å². The molecule has 1 heterocycles. The number of halogens is 2. The van der Waals surface area contributed by atoms with Crippen LogP contribution in [0.4, 0.5) is 15.8 Å². The molecule has 0 unspecified atom stereocenters. The second kappa shape index (κ2) is 7.97. The normalized spacial score (nSPS) is 10.4. The molecule has 0 aliphatic rings. The summed E-state index contributed by atoms with van der Waals surface area (Å²) in [6.45, 7) is 2.18. The minimum absolute atomic E-state index is 0.279. The van der Waals surface area contributed by atoms with E-state index in [1.54, 1.807) is 42.6 Å². The molecule has 2 aromatic carbocycles. The molecule has 26 heavy (non-hydrogen) atoms. The van der Waals surface area contributed by atoms with Gasteiger partial charge in [-0.05, 0) is 36.8 Å². The summed E-state index contributed by atoms with van der Waals surface area (Å²) in [5.41, 5.74) is 3.11. The Morgan fingerprint density at radius 1 is 1.15 bits per heavy atom. The van der Waals surface area contributed by atoms with Crippen molar-refractivity contribution in [2.24, 2.45) is 0 Å². The van der Waals surface area contributed by atoms with Crippen molar-refractivity contribution < 1.29 is 9.18 Å². The van der Waals surface area contributed by atoms with E-state index in [1.807, 2.05) is 13.0 Å². The van der Waals surface area contributed by atoms with E-state index in [-0.39, 0.29) is 11.7 Å². The van der Waals surface area contributed by atoms with Crippen LogP contribution in [-0.4, -0.2) is 10.9 Å². The van der Waals surface area contributed by atoms with Crippen LogP contribution >= 0.6 is 11.6 Å². The van der Waals surface area contributed by atoms with Gasteiger partial charge in [0.25, 0.3) is 5.91 Å². The number of aromatic nitrogens is 1. The van der Waals surface area contributed by atoms with E-state index < -0.39 is 0 Å². The molecule has 0 aliphatic carbocycles. The lowest BCUT2D eigenvalue weighted by Crippen LogP contribution is -2.13. The summed E-state index contributed by atoms with van der Waals surface area (Å²) in [5.74, 6) is -0.573. The minimum Gasteiger partial charge on any atom is -0.380 e. The number of carbonyl (C=O) groups is 1. The Hall–Kier alpha value is -2.92. The highest BCUT2D eigenvalue weighted by Crippen LogP contribution is 2.21. The maximum atomic E-state index is 13.7. The van der Waals surface area contributed by atoms with Crippen LogP contribution < -0.4 is 10.6 Å². The van der Waals surface area contributed by atoms with Gasteiger partial charge in [-0.3, -0.25) is 9.78 Å². The SMILES string of the molecule is Cc1ccc(Cl)cc1NC(=O)c1cncc(NCc2ccccc2F)c1. The van der Waals surface area contributed by atoms with Crippen molar-refractivity contribution in [2.75, 3.05) is 10.6 Å². The number of hydrogen-bond acceptors (Lipinski definition) is 3. The van der Waals surface area contributed by atoms with Gasteiger partial charge in [0.2, 0.25) is 0 Å². The molecule has 0 radical (unpaired) electrons. The first-order valence-electron chi connectivity index (χ1n) is 8.03. The number of benzene rings is 2. The van der Waals surface area contributed by atoms with Crippen LogP contribution in [0.15, 0.2) is 60.9 Å². The number of pyridine rings is 1. The number of rotatable bonds is 5. The van der Waals surface area contributed by atoms with Crippen LogP contribution in [0.5, 0.6) is 0 Å². The number of hydrogen-bond donors (Lipinski definition) is 2. The zero-order valence-corrected chi connectivity index (χ0v) is 14.8. The van der Waals surface area contributed by atoms with Gasteiger partial charge in [-0.25, -0.2) is 4.39 Å². The number of nitrogens with one attached hydrogen (secondary N) is 2. The predicted octanol–water partition coefficient (Wildman–Crippen LogP) is 5.05. The molecule has 3 rings (SSSR count). The number of carbonyl (C=O) groups excluding carboxylic acids is 1. The van der Waals surface area contributed by atoms with Gasteiger partial charge < -0.3 is 10.6 Å². The molecule has 132 valence electrons. The molecule has 0 saturated carbocycles. The fourth-order valence-electron chi connectivity index (χ4n) is 2.42. The highest BCUT2D eigenvalue weighted by atomic mass is 35.5. The second-order valence-corrected chi connectivity index (χ2v) is 6.26. The molecule has 6 heteroatoms. The van der Waals surface area contributed by atoms with Gasteiger partial charge in [0.15, 0.2) is 0 Å². The van der Waals surface area contributed by atoms with Crippen molar-refractivity contribution in [3.8, 4) is 0 Å². The van der Waals surface area contributed by atoms with E-state index in [0.29, 0.717) is 34.1 Å². The summed E-state index contributed by atoms with van der Waals surface area (Å²) in [6.07, 6.45) is 3.06. The smallest absolute Gasteiger partial charge is 0.257 e. The summed E-state index contributed by atoms with van der Waals surface area (Å²) in [5, 5.41) is 6.45. The number of aryl methyl sites for hydroxylation is 1. The summed E-state index contributed by atoms with van der Waals surface area (Å²) >= 11 is 5.98. The molecule has 4 nitrogen and oxygen atoms in total. The monoisotopic (exact) mass is 369 g/mol. The van der Waals surface area contributed by atoms with Crippen LogP contribution in [0.25, 0.3) is 0 Å². The van der Waals surface area contributed by atoms with Gasteiger partial charge in [-0.2, -0.15) is 0 Å². The van der Waals surface area contributed by atoms with Crippen molar-refractivity contribution in [1.82, 2.24) is 4.98 Å². The van der Waals surface area contributed by atoms with Gasteiger partial charge in [0.1, 0.15) is 5.82 Å². The third-order valence-electron chi connectivity index (χ3n) is 3.89. The topological polar surface area (TPSA) is 54.0 Å². The van der Waals surface area contributed by atoms with Crippen molar-refractivity contribution in [3.63, 3.8) is 0 Å². The van der Waals surface area contributed by atoms with Crippen molar-refractivity contribution in [2.45, 2.75) is 13.5 Å². The molecule has 0 atom stereocenters. The molecular weight excluding hydrogens is 353 g/mol. The van der Waals surface area contributed by atoms with Crippen LogP contribution in [0.1, 0.15) is 21.5 Å². The largest absolute Gasteiger partial charge is 0.380 e. The van der Waals surface area contributed by atoms with E-state index >= 15 is 0 Å². The average molecular weight is 370 g/mol. The highest BCUT2D eigenvalue weighted by molar-refractivity contribution is 6.31. The lowest BCUT2D eigenvalue weighted by Gasteiger charge is -2.11. The number of anilines is 2. The third kappa shape index (κ3) is 4.37. The van der Waals surface area contributed by atoms with Gasteiger partial charge >= 0.3 is 0 Å². The molecule has 0 fully saturated rings. The summed E-state index contributed by atoms with van der Waals surface area (Å²) < 4.78 is 13.7. The second-order valence-electron chi connectivity index (χ2n) is 5.82. The number of amides is 1. The quantitative estimate of drug-likeness (QED) is 0.662. The molecule has 2 N–H and O–H groups in total. The standard InChI is InChI=1S/C20H17ClFN3O/c1-13-6-7-16(21)9-19(13)25-20(26)15-8-17(12-23-10-15)24-11-14-4-2-3-5-18(14)22/h2-10,12,24H,11H2,1H3,(H,25,26). The molecule has 0 aliphatic heterocycles. The Morgan fingerprint density at radius 2 is 1.96 bits per heavy atom. The Bertz CT molecular complexity index is 946. The first-order valence-corrected chi connectivity index (χ1v) is 8.40. The molecule has 3 aromatic rings. The van der Waals surface area contributed by atoms with E-state index in [1.165, 1.54) is 12.3 Å². The Morgan fingerprint density at radius 3 is 2.77 bits per heavy atom. The van der Waals surface area contributed by atoms with E-state index in [9.17, 15) is 9.18 Å². The van der Waals surface area contributed by atoms with E-state index in [0.717, 1.165) is 5.56 Å². The van der Waals surface area contributed by atoms with Crippen LogP contribution in [0, 0.1) is 12.7 Å². The van der Waals surface area contributed by atoms with Crippen molar-refractivity contribution in [3.05, 3.63) is 88.5 Å². The van der Waals surface area contributed by atoms with Gasteiger partial charge in [0, 0.05) is 35.2 Å². The summed E-state index contributed by atoms with van der Waals surface area (Å²) in [4.78, 5) is 16.6. The highest BCUT2D eigenvalue weighted by Gasteiger charge is 2.10. The molecule has 0 saturated heterocycles. The lowest BCUT2D eigenvalue weighted by molar-refractivity contribution is 0.102. The molecule has 0 bridgehead atoms. The summed E-state index contributed by atoms with van der Waals surface area (Å²) in [7, 11) is 0.